The third-order valence-corrected chi connectivity index (χ3v) is 4.07. The van der Waals surface area contributed by atoms with Gasteiger partial charge in [-0.05, 0) is 24.2 Å². The van der Waals surface area contributed by atoms with Crippen molar-refractivity contribution < 1.29 is 4.79 Å². The number of thioether (sulfide) groups is 1. The lowest BCUT2D eigenvalue weighted by Crippen LogP contribution is -1.97. The van der Waals surface area contributed by atoms with E-state index in [1.165, 1.54) is 76.0 Å². The number of rotatable bonds is 12. The number of unbranched alkanes of at least 4 members (excludes halogenated alkanes) is 6. The van der Waals surface area contributed by atoms with Gasteiger partial charge in [0.15, 0.2) is 5.12 Å². The molecule has 0 aliphatic carbocycles. The van der Waals surface area contributed by atoms with E-state index >= 15 is 0 Å². The van der Waals surface area contributed by atoms with Gasteiger partial charge in [-0.1, -0.05) is 83.1 Å². The van der Waals surface area contributed by atoms with Crippen molar-refractivity contribution in [3.8, 4) is 0 Å². The van der Waals surface area contributed by atoms with Crippen LogP contribution in [-0.2, 0) is 4.79 Å². The summed E-state index contributed by atoms with van der Waals surface area (Å²) < 4.78 is 0. The summed E-state index contributed by atoms with van der Waals surface area (Å²) in [6, 6.07) is 0. The molecule has 0 amide bonds. The first kappa shape index (κ1) is 18.8. The van der Waals surface area contributed by atoms with E-state index in [2.05, 4.69) is 19.9 Å². The first-order valence-corrected chi connectivity index (χ1v) is 8.92. The minimum absolute atomic E-state index is 0.187. The first-order valence-electron chi connectivity index (χ1n) is 8.04. The standard InChI is InChI=1S/C17H32OS/c1-4-6-8-10-12-17(13-11-9-7-5-2)14-15-19-16(3)18/h14-15,17H,4-13H2,1-3H3/b15-14+. The van der Waals surface area contributed by atoms with Crippen LogP contribution < -0.4 is 0 Å². The Kier molecular flexibility index (Phi) is 14.0. The summed E-state index contributed by atoms with van der Waals surface area (Å²) in [5.41, 5.74) is 0. The minimum atomic E-state index is 0.187. The van der Waals surface area contributed by atoms with Crippen molar-refractivity contribution >= 4 is 16.9 Å². The molecule has 0 aromatic rings. The molecule has 2 heteroatoms. The summed E-state index contributed by atoms with van der Waals surface area (Å²) in [4.78, 5) is 10.9. The zero-order chi connectivity index (χ0) is 14.3. The predicted molar refractivity (Wildman–Crippen MR) is 88.4 cm³/mol. The lowest BCUT2D eigenvalue weighted by Gasteiger charge is -2.12. The Morgan fingerprint density at radius 1 is 0.947 bits per heavy atom. The highest BCUT2D eigenvalue weighted by molar-refractivity contribution is 8.16. The quantitative estimate of drug-likeness (QED) is 0.389. The predicted octanol–water partition coefficient (Wildman–Crippen LogP) is 6.34. The number of carbonyl (C=O) groups is 1. The van der Waals surface area contributed by atoms with E-state index in [0.29, 0.717) is 5.92 Å². The zero-order valence-electron chi connectivity index (χ0n) is 13.1. The van der Waals surface area contributed by atoms with Crippen LogP contribution in [-0.4, -0.2) is 5.12 Å². The first-order chi connectivity index (χ1) is 9.20. The molecule has 0 aromatic heterocycles. The summed E-state index contributed by atoms with van der Waals surface area (Å²) in [5.74, 6) is 0.681. The van der Waals surface area contributed by atoms with Gasteiger partial charge in [-0.3, -0.25) is 4.79 Å². The van der Waals surface area contributed by atoms with Crippen molar-refractivity contribution in [3.63, 3.8) is 0 Å². The molecule has 0 spiro atoms. The average molecular weight is 285 g/mol. The van der Waals surface area contributed by atoms with Crippen LogP contribution in [0.15, 0.2) is 11.5 Å². The molecule has 0 aromatic carbocycles. The molecular formula is C17H32OS. The van der Waals surface area contributed by atoms with Gasteiger partial charge >= 0.3 is 0 Å². The third kappa shape index (κ3) is 14.0. The van der Waals surface area contributed by atoms with E-state index in [1.807, 2.05) is 5.41 Å². The molecule has 0 unspecified atom stereocenters. The summed E-state index contributed by atoms with van der Waals surface area (Å²) >= 11 is 1.33. The molecule has 0 aliphatic heterocycles. The highest BCUT2D eigenvalue weighted by atomic mass is 32.2. The Labute approximate surface area is 124 Å². The van der Waals surface area contributed by atoms with Crippen LogP contribution in [0.5, 0.6) is 0 Å². The highest BCUT2D eigenvalue weighted by Gasteiger charge is 2.05. The van der Waals surface area contributed by atoms with Crippen LogP contribution in [0.4, 0.5) is 0 Å². The van der Waals surface area contributed by atoms with Crippen LogP contribution in [0.25, 0.3) is 0 Å². The van der Waals surface area contributed by atoms with E-state index in [4.69, 9.17) is 0 Å². The fourth-order valence-corrected chi connectivity index (χ4v) is 2.74. The van der Waals surface area contributed by atoms with E-state index in [-0.39, 0.29) is 5.12 Å². The fraction of sp³-hybridized carbons (Fsp3) is 0.824. The van der Waals surface area contributed by atoms with E-state index < -0.39 is 0 Å². The second-order valence-corrected chi connectivity index (χ2v) is 6.48. The van der Waals surface area contributed by atoms with Crippen molar-refractivity contribution in [2.24, 2.45) is 5.92 Å². The SMILES string of the molecule is CCCCCCC(/C=C/SC(C)=O)CCCCCC. The Bertz CT molecular complexity index is 223. The van der Waals surface area contributed by atoms with E-state index in [1.54, 1.807) is 6.92 Å². The molecule has 0 atom stereocenters. The van der Waals surface area contributed by atoms with Crippen LogP contribution in [0.3, 0.4) is 0 Å². The normalized spacial score (nSPS) is 11.6. The molecule has 19 heavy (non-hydrogen) atoms. The van der Waals surface area contributed by atoms with Crippen LogP contribution in [0, 0.1) is 5.92 Å². The molecule has 0 bridgehead atoms. The maximum absolute atomic E-state index is 10.9. The summed E-state index contributed by atoms with van der Waals surface area (Å²) in [6.45, 7) is 6.14. The molecule has 0 radical (unpaired) electrons. The van der Waals surface area contributed by atoms with Crippen molar-refractivity contribution in [2.45, 2.75) is 85.0 Å². The Morgan fingerprint density at radius 3 is 1.89 bits per heavy atom. The molecular weight excluding hydrogens is 252 g/mol. The summed E-state index contributed by atoms with van der Waals surface area (Å²) in [7, 11) is 0. The maximum atomic E-state index is 10.9. The zero-order valence-corrected chi connectivity index (χ0v) is 13.9. The summed E-state index contributed by atoms with van der Waals surface area (Å²) in [6.07, 6.45) is 15.6. The molecule has 0 saturated carbocycles. The molecule has 1 nitrogen and oxygen atoms in total. The molecule has 0 N–H and O–H groups in total. The van der Waals surface area contributed by atoms with Gasteiger partial charge < -0.3 is 0 Å². The topological polar surface area (TPSA) is 17.1 Å². The molecule has 0 rings (SSSR count). The Hall–Kier alpha value is -0.240. The third-order valence-electron chi connectivity index (χ3n) is 3.44. The maximum Gasteiger partial charge on any atom is 0.190 e. The van der Waals surface area contributed by atoms with Crippen molar-refractivity contribution in [1.82, 2.24) is 0 Å². The Morgan fingerprint density at radius 2 is 1.47 bits per heavy atom. The number of carbonyl (C=O) groups excluding carboxylic acids is 1. The van der Waals surface area contributed by atoms with Gasteiger partial charge in [-0.25, -0.2) is 0 Å². The minimum Gasteiger partial charge on any atom is -0.287 e. The van der Waals surface area contributed by atoms with Crippen LogP contribution in [0.1, 0.15) is 85.0 Å². The van der Waals surface area contributed by atoms with Gasteiger partial charge in [0.05, 0.1) is 0 Å². The molecule has 0 heterocycles. The van der Waals surface area contributed by atoms with Gasteiger partial charge in [0.25, 0.3) is 0 Å². The lowest BCUT2D eigenvalue weighted by molar-refractivity contribution is -0.109. The molecule has 0 aliphatic rings. The van der Waals surface area contributed by atoms with Crippen LogP contribution >= 0.6 is 11.8 Å². The smallest absolute Gasteiger partial charge is 0.190 e. The van der Waals surface area contributed by atoms with Gasteiger partial charge in [0.1, 0.15) is 0 Å². The van der Waals surface area contributed by atoms with Crippen molar-refractivity contribution in [3.05, 3.63) is 11.5 Å². The summed E-state index contributed by atoms with van der Waals surface area (Å²) in [5, 5.41) is 2.19. The molecule has 0 saturated heterocycles. The highest BCUT2D eigenvalue weighted by Crippen LogP contribution is 2.21. The second kappa shape index (κ2) is 14.2. The van der Waals surface area contributed by atoms with E-state index in [0.717, 1.165) is 0 Å². The monoisotopic (exact) mass is 284 g/mol. The van der Waals surface area contributed by atoms with Crippen LogP contribution in [0.2, 0.25) is 0 Å². The fourth-order valence-electron chi connectivity index (χ4n) is 2.25. The Balaban J connectivity index is 3.91. The number of hydrogen-bond donors (Lipinski definition) is 0. The van der Waals surface area contributed by atoms with Gasteiger partial charge in [-0.2, -0.15) is 0 Å². The van der Waals surface area contributed by atoms with Gasteiger partial charge in [0.2, 0.25) is 0 Å². The van der Waals surface area contributed by atoms with Crippen molar-refractivity contribution in [2.75, 3.05) is 0 Å². The number of allylic oxidation sites excluding steroid dienone is 1. The largest absolute Gasteiger partial charge is 0.287 e. The van der Waals surface area contributed by atoms with Gasteiger partial charge in [-0.15, -0.1) is 0 Å². The second-order valence-electron chi connectivity index (χ2n) is 5.40. The van der Waals surface area contributed by atoms with Crippen molar-refractivity contribution in [1.29, 1.82) is 0 Å². The van der Waals surface area contributed by atoms with E-state index in [9.17, 15) is 4.79 Å². The average Bonchev–Trinajstić information content (AvgIpc) is 2.38. The molecule has 0 fully saturated rings. The number of hydrogen-bond acceptors (Lipinski definition) is 2. The lowest BCUT2D eigenvalue weighted by atomic mass is 9.95. The van der Waals surface area contributed by atoms with Gasteiger partial charge in [0, 0.05) is 6.92 Å². The molecule has 112 valence electrons.